The van der Waals surface area contributed by atoms with Crippen LogP contribution >= 0.6 is 11.3 Å². The molecule has 0 aromatic carbocycles. The van der Waals surface area contributed by atoms with Crippen molar-refractivity contribution in [1.29, 1.82) is 5.26 Å². The monoisotopic (exact) mass is 247 g/mol. The number of hydrogen-bond donors (Lipinski definition) is 0. The lowest BCUT2D eigenvalue weighted by Crippen LogP contribution is -2.14. The zero-order valence-electron chi connectivity index (χ0n) is 10.3. The topological polar surface area (TPSA) is 40.9 Å². The van der Waals surface area contributed by atoms with Crippen LogP contribution in [0.25, 0.3) is 0 Å². The highest BCUT2D eigenvalue weighted by Crippen LogP contribution is 2.32. The molecule has 0 amide bonds. The fourth-order valence-electron chi connectivity index (χ4n) is 2.31. The number of hydrogen-bond acceptors (Lipinski definition) is 3. The van der Waals surface area contributed by atoms with E-state index in [1.807, 2.05) is 19.9 Å². The van der Waals surface area contributed by atoms with Crippen LogP contribution in [0.1, 0.15) is 46.8 Å². The molecule has 0 radical (unpaired) electrons. The Labute approximate surface area is 106 Å². The Morgan fingerprint density at radius 2 is 2.29 bits per heavy atom. The average molecular weight is 247 g/mol. The van der Waals surface area contributed by atoms with Crippen LogP contribution in [0.5, 0.6) is 0 Å². The van der Waals surface area contributed by atoms with Crippen molar-refractivity contribution >= 4 is 17.1 Å². The predicted octanol–water partition coefficient (Wildman–Crippen LogP) is 3.61. The first-order chi connectivity index (χ1) is 8.11. The zero-order valence-corrected chi connectivity index (χ0v) is 11.1. The summed E-state index contributed by atoms with van der Waals surface area (Å²) in [4.78, 5) is 14.4. The van der Waals surface area contributed by atoms with Gasteiger partial charge >= 0.3 is 0 Å². The Morgan fingerprint density at radius 1 is 1.53 bits per heavy atom. The van der Waals surface area contributed by atoms with E-state index in [1.165, 1.54) is 16.9 Å². The predicted molar refractivity (Wildman–Crippen MR) is 69.2 cm³/mol. The highest BCUT2D eigenvalue weighted by Gasteiger charge is 2.25. The van der Waals surface area contributed by atoms with Gasteiger partial charge in [0.15, 0.2) is 5.78 Å². The summed E-state index contributed by atoms with van der Waals surface area (Å²) in [5, 5.41) is 9.09. The lowest BCUT2D eigenvalue weighted by atomic mass is 9.93. The fourth-order valence-corrected chi connectivity index (χ4v) is 3.56. The van der Waals surface area contributed by atoms with Crippen LogP contribution in [0.15, 0.2) is 6.07 Å². The lowest BCUT2D eigenvalue weighted by molar-refractivity contribution is 0.0941. The van der Waals surface area contributed by atoms with Gasteiger partial charge < -0.3 is 0 Å². The van der Waals surface area contributed by atoms with E-state index in [0.29, 0.717) is 12.3 Å². The van der Waals surface area contributed by atoms with E-state index in [1.54, 1.807) is 11.3 Å². The molecule has 17 heavy (non-hydrogen) atoms. The number of nitrogens with zero attached hydrogens (tertiary/aromatic N) is 1. The molecule has 0 saturated heterocycles. The van der Waals surface area contributed by atoms with E-state index in [-0.39, 0.29) is 5.78 Å². The van der Waals surface area contributed by atoms with Gasteiger partial charge in [-0.25, -0.2) is 0 Å². The molecule has 0 spiro atoms. The van der Waals surface area contributed by atoms with E-state index < -0.39 is 5.92 Å². The molecule has 0 fully saturated rings. The van der Waals surface area contributed by atoms with E-state index in [9.17, 15) is 4.79 Å². The van der Waals surface area contributed by atoms with Crippen LogP contribution in [-0.2, 0) is 12.8 Å². The van der Waals surface area contributed by atoms with Crippen LogP contribution in [-0.4, -0.2) is 5.78 Å². The van der Waals surface area contributed by atoms with Crippen molar-refractivity contribution in [2.45, 2.75) is 39.5 Å². The molecule has 1 aromatic heterocycles. The summed E-state index contributed by atoms with van der Waals surface area (Å²) in [7, 11) is 0. The minimum Gasteiger partial charge on any atom is -0.292 e. The van der Waals surface area contributed by atoms with Crippen molar-refractivity contribution < 1.29 is 4.79 Å². The summed E-state index contributed by atoms with van der Waals surface area (Å²) < 4.78 is 0. The zero-order chi connectivity index (χ0) is 12.4. The highest BCUT2D eigenvalue weighted by molar-refractivity contribution is 7.14. The second-order valence-electron chi connectivity index (χ2n) is 5.09. The van der Waals surface area contributed by atoms with Crippen molar-refractivity contribution in [1.82, 2.24) is 0 Å². The van der Waals surface area contributed by atoms with Gasteiger partial charge in [0, 0.05) is 4.88 Å². The van der Waals surface area contributed by atoms with Gasteiger partial charge in [-0.3, -0.25) is 4.79 Å². The Kier molecular flexibility index (Phi) is 3.63. The van der Waals surface area contributed by atoms with E-state index in [4.69, 9.17) is 5.26 Å². The number of fused-ring (bicyclic) bond motifs is 1. The Bertz CT molecular complexity index is 446. The largest absolute Gasteiger partial charge is 0.292 e. The molecular formula is C14H17NOS. The molecule has 1 aromatic rings. The maximum atomic E-state index is 12.2. The molecule has 0 aliphatic heterocycles. The number of rotatable bonds is 4. The smallest absolute Gasteiger partial charge is 0.189 e. The number of thiophene rings is 1. The molecule has 1 aliphatic rings. The van der Waals surface area contributed by atoms with Crippen LogP contribution in [0.4, 0.5) is 0 Å². The molecule has 2 nitrogen and oxygen atoms in total. The van der Waals surface area contributed by atoms with Crippen molar-refractivity contribution in [3.63, 3.8) is 0 Å². The molecule has 0 bridgehead atoms. The van der Waals surface area contributed by atoms with E-state index in [2.05, 4.69) is 6.07 Å². The number of aryl methyl sites for hydroxylation is 2. The number of Topliss-reactive ketones (excluding diaryl/α,β-unsaturated/α-hetero) is 1. The molecule has 1 aliphatic carbocycles. The van der Waals surface area contributed by atoms with Crippen molar-refractivity contribution in [2.24, 2.45) is 11.8 Å². The minimum atomic E-state index is -0.464. The number of nitriles is 1. The quantitative estimate of drug-likeness (QED) is 0.763. The highest BCUT2D eigenvalue weighted by atomic mass is 32.1. The van der Waals surface area contributed by atoms with E-state index in [0.717, 1.165) is 17.7 Å². The third-order valence-corrected chi connectivity index (χ3v) is 4.42. The summed E-state index contributed by atoms with van der Waals surface area (Å²) in [5.41, 5.74) is 1.33. The van der Waals surface area contributed by atoms with Crippen molar-refractivity contribution in [3.05, 3.63) is 21.4 Å². The van der Waals surface area contributed by atoms with Crippen LogP contribution in [0.2, 0.25) is 0 Å². The summed E-state index contributed by atoms with van der Waals surface area (Å²) in [6, 6.07) is 4.17. The van der Waals surface area contributed by atoms with Gasteiger partial charge in [-0.1, -0.05) is 13.8 Å². The summed E-state index contributed by atoms with van der Waals surface area (Å²) in [6.07, 6.45) is 4.08. The molecule has 1 heterocycles. The van der Waals surface area contributed by atoms with Crippen molar-refractivity contribution in [3.8, 4) is 6.07 Å². The molecule has 3 heteroatoms. The third kappa shape index (κ3) is 2.58. The first kappa shape index (κ1) is 12.3. The van der Waals surface area contributed by atoms with Crippen LogP contribution in [0, 0.1) is 23.2 Å². The van der Waals surface area contributed by atoms with Gasteiger partial charge in [0.25, 0.3) is 0 Å². The van der Waals surface area contributed by atoms with Gasteiger partial charge in [0.05, 0.1) is 10.9 Å². The Balaban J connectivity index is 2.15. The number of carbonyl (C=O) groups excluding carboxylic acids is 1. The molecular weight excluding hydrogens is 230 g/mol. The molecule has 1 unspecified atom stereocenters. The number of ketones is 1. The number of carbonyl (C=O) groups is 1. The third-order valence-electron chi connectivity index (χ3n) is 3.17. The Morgan fingerprint density at radius 3 is 2.88 bits per heavy atom. The van der Waals surface area contributed by atoms with Gasteiger partial charge in [-0.15, -0.1) is 11.3 Å². The molecule has 90 valence electrons. The molecule has 0 N–H and O–H groups in total. The standard InChI is InChI=1S/C14H17NOS/c1-9(2)6-11(8-15)14(16)13-7-10-4-3-5-12(10)17-13/h7,9,11H,3-6H2,1-2H3. The van der Waals surface area contributed by atoms with Gasteiger partial charge in [-0.2, -0.15) is 5.26 Å². The fraction of sp³-hybridized carbons (Fsp3) is 0.571. The van der Waals surface area contributed by atoms with Crippen LogP contribution < -0.4 is 0 Å². The maximum absolute atomic E-state index is 12.2. The molecule has 1 atom stereocenters. The van der Waals surface area contributed by atoms with Gasteiger partial charge in [0.2, 0.25) is 0 Å². The summed E-state index contributed by atoms with van der Waals surface area (Å²) in [6.45, 7) is 4.10. The average Bonchev–Trinajstić information content (AvgIpc) is 2.84. The van der Waals surface area contributed by atoms with Crippen LogP contribution in [0.3, 0.4) is 0 Å². The van der Waals surface area contributed by atoms with Gasteiger partial charge in [0.1, 0.15) is 5.92 Å². The SMILES string of the molecule is CC(C)CC(C#N)C(=O)c1cc2c(s1)CCC2. The second kappa shape index (κ2) is 5.01. The minimum absolute atomic E-state index is 0.0283. The lowest BCUT2D eigenvalue weighted by Gasteiger charge is -2.09. The van der Waals surface area contributed by atoms with Crippen molar-refractivity contribution in [2.75, 3.05) is 0 Å². The molecule has 0 saturated carbocycles. The summed E-state index contributed by atoms with van der Waals surface area (Å²) >= 11 is 1.60. The summed E-state index contributed by atoms with van der Waals surface area (Å²) in [5.74, 6) is -0.0511. The first-order valence-electron chi connectivity index (χ1n) is 6.17. The second-order valence-corrected chi connectivity index (χ2v) is 6.22. The molecule has 2 rings (SSSR count). The first-order valence-corrected chi connectivity index (χ1v) is 6.99. The normalized spacial score (nSPS) is 15.6. The van der Waals surface area contributed by atoms with Gasteiger partial charge in [-0.05, 0) is 43.2 Å². The Hall–Kier alpha value is -1.14. The maximum Gasteiger partial charge on any atom is 0.189 e. The van der Waals surface area contributed by atoms with E-state index >= 15 is 0 Å².